The number of ether oxygens (including phenoxy) is 2. The molecule has 0 spiro atoms. The summed E-state index contributed by atoms with van der Waals surface area (Å²) in [6.07, 6.45) is 0. The minimum Gasteiger partial charge on any atom is -0.487 e. The fourth-order valence-corrected chi connectivity index (χ4v) is 1.39. The van der Waals surface area contributed by atoms with Gasteiger partial charge in [-0.05, 0) is 30.7 Å². The molecule has 0 heterocycles. The van der Waals surface area contributed by atoms with Gasteiger partial charge in [0.1, 0.15) is 12.4 Å². The minimum atomic E-state index is -0.484. The van der Waals surface area contributed by atoms with E-state index < -0.39 is 5.97 Å². The number of hydrogen-bond acceptors (Lipinski definition) is 5. The van der Waals surface area contributed by atoms with Crippen LogP contribution < -0.4 is 15.8 Å². The summed E-state index contributed by atoms with van der Waals surface area (Å²) in [4.78, 5) is 22.8. The average Bonchev–Trinajstić information content (AvgIpc) is 2.44. The molecule has 0 radical (unpaired) electrons. The first-order valence-electron chi connectivity index (χ1n) is 5.97. The van der Waals surface area contributed by atoms with E-state index in [1.807, 2.05) is 6.92 Å². The van der Waals surface area contributed by atoms with E-state index >= 15 is 0 Å². The van der Waals surface area contributed by atoms with Gasteiger partial charge in [0, 0.05) is 0 Å². The van der Waals surface area contributed by atoms with Crippen LogP contribution in [-0.2, 0) is 9.53 Å². The summed E-state index contributed by atoms with van der Waals surface area (Å²) in [5.74, 6) is -0.476. The van der Waals surface area contributed by atoms with E-state index in [1.54, 1.807) is 6.07 Å². The zero-order valence-electron chi connectivity index (χ0n) is 11.6. The molecule has 108 valence electrons. The first-order valence-corrected chi connectivity index (χ1v) is 5.97. The smallest absolute Gasteiger partial charge is 0.337 e. The highest BCUT2D eigenvalue weighted by Crippen LogP contribution is 2.26. The van der Waals surface area contributed by atoms with Crippen molar-refractivity contribution < 1.29 is 19.1 Å². The Morgan fingerprint density at radius 2 is 2.10 bits per heavy atom. The van der Waals surface area contributed by atoms with Gasteiger partial charge in [0.2, 0.25) is 5.91 Å². The summed E-state index contributed by atoms with van der Waals surface area (Å²) < 4.78 is 10.2. The van der Waals surface area contributed by atoms with Crippen molar-refractivity contribution in [2.75, 3.05) is 25.6 Å². The number of esters is 1. The second kappa shape index (κ2) is 7.30. The van der Waals surface area contributed by atoms with E-state index in [-0.39, 0.29) is 19.1 Å². The third-order valence-corrected chi connectivity index (χ3v) is 2.34. The molecular formula is C14H18N2O4. The lowest BCUT2D eigenvalue weighted by atomic mass is 10.2. The Morgan fingerprint density at radius 1 is 1.40 bits per heavy atom. The molecule has 0 saturated carbocycles. The summed E-state index contributed by atoms with van der Waals surface area (Å²) in [5.41, 5.74) is 6.83. The van der Waals surface area contributed by atoms with Gasteiger partial charge in [-0.25, -0.2) is 4.79 Å². The highest BCUT2D eigenvalue weighted by atomic mass is 16.5. The minimum absolute atomic E-state index is 0.140. The van der Waals surface area contributed by atoms with Gasteiger partial charge >= 0.3 is 5.97 Å². The van der Waals surface area contributed by atoms with Crippen LogP contribution in [0.4, 0.5) is 5.69 Å². The Morgan fingerprint density at radius 3 is 2.65 bits per heavy atom. The average molecular weight is 278 g/mol. The molecule has 0 atom stereocenters. The van der Waals surface area contributed by atoms with Crippen molar-refractivity contribution in [3.05, 3.63) is 35.9 Å². The summed E-state index contributed by atoms with van der Waals surface area (Å²) in [5, 5.41) is 2.60. The zero-order chi connectivity index (χ0) is 15.1. The molecule has 6 nitrogen and oxygen atoms in total. The van der Waals surface area contributed by atoms with E-state index in [1.165, 1.54) is 19.2 Å². The fraction of sp³-hybridized carbons (Fsp3) is 0.286. The molecule has 1 rings (SSSR count). The van der Waals surface area contributed by atoms with Gasteiger partial charge in [0.15, 0.2) is 0 Å². The molecule has 0 aliphatic heterocycles. The van der Waals surface area contributed by atoms with Gasteiger partial charge in [-0.1, -0.05) is 6.58 Å². The Labute approximate surface area is 117 Å². The lowest BCUT2D eigenvalue weighted by Crippen LogP contribution is -2.22. The van der Waals surface area contributed by atoms with Crippen LogP contribution in [0.2, 0.25) is 0 Å². The monoisotopic (exact) mass is 278 g/mol. The van der Waals surface area contributed by atoms with Crippen molar-refractivity contribution >= 4 is 17.6 Å². The van der Waals surface area contributed by atoms with Crippen molar-refractivity contribution in [2.45, 2.75) is 6.92 Å². The van der Waals surface area contributed by atoms with E-state index in [0.717, 1.165) is 5.57 Å². The fourth-order valence-electron chi connectivity index (χ4n) is 1.39. The maximum Gasteiger partial charge on any atom is 0.337 e. The number of nitrogens with one attached hydrogen (secondary N) is 1. The molecule has 0 aliphatic rings. The Balaban J connectivity index is 3.05. The van der Waals surface area contributed by atoms with Crippen molar-refractivity contribution in [2.24, 2.45) is 5.73 Å². The first-order chi connectivity index (χ1) is 9.47. The largest absolute Gasteiger partial charge is 0.487 e. The highest BCUT2D eigenvalue weighted by Gasteiger charge is 2.12. The number of methoxy groups -OCH3 is 1. The molecule has 0 saturated heterocycles. The van der Waals surface area contributed by atoms with Gasteiger partial charge in [-0.2, -0.15) is 0 Å². The van der Waals surface area contributed by atoms with E-state index in [0.29, 0.717) is 17.0 Å². The number of benzene rings is 1. The van der Waals surface area contributed by atoms with Crippen LogP contribution in [0.25, 0.3) is 0 Å². The van der Waals surface area contributed by atoms with Crippen molar-refractivity contribution in [1.82, 2.24) is 0 Å². The predicted molar refractivity (Wildman–Crippen MR) is 75.8 cm³/mol. The number of nitrogens with two attached hydrogens (primary N) is 1. The van der Waals surface area contributed by atoms with Crippen LogP contribution in [0.3, 0.4) is 0 Å². The topological polar surface area (TPSA) is 90.6 Å². The highest BCUT2D eigenvalue weighted by molar-refractivity contribution is 5.95. The summed E-state index contributed by atoms with van der Waals surface area (Å²) >= 11 is 0. The third kappa shape index (κ3) is 4.40. The molecule has 1 aromatic carbocycles. The molecule has 0 fully saturated rings. The summed E-state index contributed by atoms with van der Waals surface area (Å²) in [6.45, 7) is 5.67. The Bertz CT molecular complexity index is 526. The van der Waals surface area contributed by atoms with Crippen molar-refractivity contribution in [3.8, 4) is 5.75 Å². The van der Waals surface area contributed by atoms with Crippen molar-refractivity contribution in [1.29, 1.82) is 0 Å². The molecule has 1 amide bonds. The molecule has 6 heteroatoms. The summed E-state index contributed by atoms with van der Waals surface area (Å²) in [6, 6.07) is 4.60. The van der Waals surface area contributed by atoms with Gasteiger partial charge < -0.3 is 20.5 Å². The molecule has 0 unspecified atom stereocenters. The van der Waals surface area contributed by atoms with Crippen LogP contribution in [0.15, 0.2) is 30.4 Å². The van der Waals surface area contributed by atoms with Gasteiger partial charge in [-0.15, -0.1) is 0 Å². The van der Waals surface area contributed by atoms with Gasteiger partial charge in [0.05, 0.1) is 24.9 Å². The molecule has 0 bridgehead atoms. The Kier molecular flexibility index (Phi) is 5.74. The van der Waals surface area contributed by atoms with Gasteiger partial charge in [0.25, 0.3) is 0 Å². The standard InChI is InChI=1S/C14H18N2O4/c1-9(2)8-20-12-6-10(14(18)19-3)4-5-11(12)16-13(17)7-15/h4-6H,1,7-8,15H2,2-3H3,(H,16,17). The number of carbonyl (C=O) groups is 2. The van der Waals surface area contributed by atoms with Crippen LogP contribution in [0.5, 0.6) is 5.75 Å². The summed E-state index contributed by atoms with van der Waals surface area (Å²) in [7, 11) is 1.29. The Hall–Kier alpha value is -2.34. The van der Waals surface area contributed by atoms with E-state index in [2.05, 4.69) is 16.6 Å². The number of carbonyl (C=O) groups excluding carboxylic acids is 2. The zero-order valence-corrected chi connectivity index (χ0v) is 11.6. The van der Waals surface area contributed by atoms with Crippen LogP contribution >= 0.6 is 0 Å². The lowest BCUT2D eigenvalue weighted by Gasteiger charge is -2.13. The number of amides is 1. The van der Waals surface area contributed by atoms with Crippen LogP contribution in [0.1, 0.15) is 17.3 Å². The molecule has 1 aromatic rings. The molecular weight excluding hydrogens is 260 g/mol. The van der Waals surface area contributed by atoms with Crippen molar-refractivity contribution in [3.63, 3.8) is 0 Å². The molecule has 3 N–H and O–H groups in total. The van der Waals surface area contributed by atoms with E-state index in [4.69, 9.17) is 10.5 Å². The molecule has 0 aromatic heterocycles. The maximum atomic E-state index is 11.5. The van der Waals surface area contributed by atoms with Crippen LogP contribution in [0, 0.1) is 0 Å². The second-order valence-corrected chi connectivity index (χ2v) is 4.20. The second-order valence-electron chi connectivity index (χ2n) is 4.20. The SMILES string of the molecule is C=C(C)COc1cc(C(=O)OC)ccc1NC(=O)CN. The normalized spacial score (nSPS) is 9.75. The number of anilines is 1. The first kappa shape index (κ1) is 15.7. The lowest BCUT2D eigenvalue weighted by molar-refractivity contribution is -0.114. The predicted octanol–water partition coefficient (Wildman–Crippen LogP) is 1.33. The molecule has 20 heavy (non-hydrogen) atoms. The molecule has 0 aliphatic carbocycles. The maximum absolute atomic E-state index is 11.5. The quantitative estimate of drug-likeness (QED) is 0.605. The van der Waals surface area contributed by atoms with Crippen LogP contribution in [-0.4, -0.2) is 32.1 Å². The van der Waals surface area contributed by atoms with E-state index in [9.17, 15) is 9.59 Å². The third-order valence-electron chi connectivity index (χ3n) is 2.34. The number of rotatable bonds is 6. The van der Waals surface area contributed by atoms with Gasteiger partial charge in [-0.3, -0.25) is 4.79 Å². The number of hydrogen-bond donors (Lipinski definition) is 2.